The number of hydrogen-bond acceptors (Lipinski definition) is 5. The van der Waals surface area contributed by atoms with E-state index >= 15 is 0 Å². The van der Waals surface area contributed by atoms with E-state index in [1.807, 2.05) is 0 Å². The summed E-state index contributed by atoms with van der Waals surface area (Å²) in [6.07, 6.45) is 0. The summed E-state index contributed by atoms with van der Waals surface area (Å²) in [5.74, 6) is 0.647. The van der Waals surface area contributed by atoms with Crippen molar-refractivity contribution < 1.29 is 14.4 Å². The lowest BCUT2D eigenvalue weighted by molar-refractivity contribution is -0.384. The minimum atomic E-state index is -0.423. The third kappa shape index (κ3) is 5.72. The van der Waals surface area contributed by atoms with Gasteiger partial charge in [0.2, 0.25) is 7.41 Å². The molecule has 0 unspecified atom stereocenters. The second kappa shape index (κ2) is 8.50. The Bertz CT molecular complexity index is 386. The standard InChI is InChI=1S/C12H19BN2O4/c1-13-14(7-9-18-2)8-10-19-12-5-3-11(4-6-12)15(16)17/h3-6,13H,7-10H2,1-2H3. The Balaban J connectivity index is 2.33. The smallest absolute Gasteiger partial charge is 0.269 e. The Morgan fingerprint density at radius 2 is 1.89 bits per heavy atom. The van der Waals surface area contributed by atoms with Crippen LogP contribution in [-0.4, -0.2) is 50.6 Å². The molecule has 0 saturated carbocycles. The molecule has 0 amide bonds. The van der Waals surface area contributed by atoms with Crippen LogP contribution in [0.25, 0.3) is 0 Å². The molecule has 7 heteroatoms. The zero-order chi connectivity index (χ0) is 14.1. The molecular formula is C12H19BN2O4. The molecule has 1 aromatic carbocycles. The molecule has 0 fully saturated rings. The van der Waals surface area contributed by atoms with Gasteiger partial charge in [0.05, 0.1) is 18.1 Å². The number of ether oxygens (including phenoxy) is 2. The van der Waals surface area contributed by atoms with Gasteiger partial charge in [-0.05, 0) is 12.1 Å². The molecular weight excluding hydrogens is 247 g/mol. The number of nitro benzene ring substituents is 1. The SMILES string of the molecule is CBN(CCOC)CCOc1ccc([N+](=O)[O-])cc1. The summed E-state index contributed by atoms with van der Waals surface area (Å²) in [6, 6.07) is 6.11. The van der Waals surface area contributed by atoms with E-state index in [2.05, 4.69) is 11.6 Å². The molecule has 1 aromatic rings. The van der Waals surface area contributed by atoms with E-state index < -0.39 is 4.92 Å². The third-order valence-electron chi connectivity index (χ3n) is 2.78. The molecule has 0 N–H and O–H groups in total. The number of methoxy groups -OCH3 is 1. The van der Waals surface area contributed by atoms with Crippen LogP contribution in [0, 0.1) is 10.1 Å². The second-order valence-electron chi connectivity index (χ2n) is 4.03. The van der Waals surface area contributed by atoms with Crippen LogP contribution in [0.1, 0.15) is 0 Å². The van der Waals surface area contributed by atoms with Crippen molar-refractivity contribution in [1.82, 2.24) is 4.81 Å². The number of non-ortho nitro benzene ring substituents is 1. The summed E-state index contributed by atoms with van der Waals surface area (Å²) in [7, 11) is 2.62. The monoisotopic (exact) mass is 266 g/mol. The summed E-state index contributed by atoms with van der Waals surface area (Å²) in [6.45, 7) is 5.01. The third-order valence-corrected chi connectivity index (χ3v) is 2.78. The fraction of sp³-hybridized carbons (Fsp3) is 0.500. The number of benzene rings is 1. The van der Waals surface area contributed by atoms with E-state index in [1.54, 1.807) is 19.2 Å². The van der Waals surface area contributed by atoms with E-state index in [0.717, 1.165) is 20.5 Å². The van der Waals surface area contributed by atoms with Crippen LogP contribution in [0.3, 0.4) is 0 Å². The number of hydrogen-bond donors (Lipinski definition) is 0. The minimum absolute atomic E-state index is 0.0719. The van der Waals surface area contributed by atoms with E-state index in [-0.39, 0.29) is 5.69 Å². The van der Waals surface area contributed by atoms with Gasteiger partial charge in [-0.2, -0.15) is 0 Å². The van der Waals surface area contributed by atoms with Crippen LogP contribution >= 0.6 is 0 Å². The Morgan fingerprint density at radius 1 is 1.26 bits per heavy atom. The van der Waals surface area contributed by atoms with E-state index in [4.69, 9.17) is 9.47 Å². The van der Waals surface area contributed by atoms with Crippen molar-refractivity contribution in [2.75, 3.05) is 33.4 Å². The van der Waals surface area contributed by atoms with E-state index in [1.165, 1.54) is 12.1 Å². The number of rotatable bonds is 9. The van der Waals surface area contributed by atoms with Gasteiger partial charge in [0, 0.05) is 32.3 Å². The minimum Gasteiger partial charge on any atom is -0.492 e. The summed E-state index contributed by atoms with van der Waals surface area (Å²) in [5, 5.41) is 10.5. The molecule has 0 aliphatic carbocycles. The molecule has 0 saturated heterocycles. The molecule has 0 aliphatic heterocycles. The van der Waals surface area contributed by atoms with E-state index in [9.17, 15) is 10.1 Å². The topological polar surface area (TPSA) is 64.8 Å². The molecule has 0 heterocycles. The Kier molecular flexibility index (Phi) is 6.91. The van der Waals surface area contributed by atoms with Crippen molar-refractivity contribution in [1.29, 1.82) is 0 Å². The van der Waals surface area contributed by atoms with Gasteiger partial charge in [0.1, 0.15) is 5.75 Å². The summed E-state index contributed by atoms with van der Waals surface area (Å²) < 4.78 is 10.6. The molecule has 19 heavy (non-hydrogen) atoms. The van der Waals surface area contributed by atoms with Crippen molar-refractivity contribution in [2.24, 2.45) is 0 Å². The van der Waals surface area contributed by atoms with Crippen molar-refractivity contribution in [2.45, 2.75) is 6.82 Å². The normalized spacial score (nSPS) is 10.5. The van der Waals surface area contributed by atoms with Crippen molar-refractivity contribution in [3.8, 4) is 5.75 Å². The first-order valence-corrected chi connectivity index (χ1v) is 6.26. The second-order valence-corrected chi connectivity index (χ2v) is 4.03. The summed E-state index contributed by atoms with van der Waals surface area (Å²) in [5.41, 5.74) is 0.0719. The van der Waals surface area contributed by atoms with Gasteiger partial charge < -0.3 is 14.3 Å². The van der Waals surface area contributed by atoms with Crippen LogP contribution in [0.2, 0.25) is 6.82 Å². The first-order valence-electron chi connectivity index (χ1n) is 6.26. The zero-order valence-corrected chi connectivity index (χ0v) is 11.4. The maximum Gasteiger partial charge on any atom is 0.269 e. The van der Waals surface area contributed by atoms with Gasteiger partial charge in [0.25, 0.3) is 5.69 Å². The van der Waals surface area contributed by atoms with Gasteiger partial charge in [-0.25, -0.2) is 0 Å². The van der Waals surface area contributed by atoms with Gasteiger partial charge in [-0.15, -0.1) is 0 Å². The molecule has 0 spiro atoms. The molecule has 0 bridgehead atoms. The molecule has 6 nitrogen and oxygen atoms in total. The average molecular weight is 266 g/mol. The summed E-state index contributed by atoms with van der Waals surface area (Å²) >= 11 is 0. The average Bonchev–Trinajstić information content (AvgIpc) is 2.43. The predicted octanol–water partition coefficient (Wildman–Crippen LogP) is 1.32. The maximum atomic E-state index is 10.5. The highest BCUT2D eigenvalue weighted by molar-refractivity contribution is 6.29. The van der Waals surface area contributed by atoms with Crippen molar-refractivity contribution >= 4 is 13.1 Å². The number of nitrogens with zero attached hydrogens (tertiary/aromatic N) is 2. The van der Waals surface area contributed by atoms with Crippen LogP contribution in [-0.2, 0) is 4.74 Å². The maximum absolute atomic E-state index is 10.5. The van der Waals surface area contributed by atoms with Gasteiger partial charge in [-0.3, -0.25) is 10.1 Å². The highest BCUT2D eigenvalue weighted by Gasteiger charge is 2.05. The lowest BCUT2D eigenvalue weighted by Crippen LogP contribution is -2.33. The van der Waals surface area contributed by atoms with Crippen LogP contribution in [0.4, 0.5) is 5.69 Å². The Morgan fingerprint density at radius 3 is 2.42 bits per heavy atom. The van der Waals surface area contributed by atoms with Crippen LogP contribution in [0.5, 0.6) is 5.75 Å². The zero-order valence-electron chi connectivity index (χ0n) is 11.4. The van der Waals surface area contributed by atoms with Crippen molar-refractivity contribution in [3.63, 3.8) is 0 Å². The molecule has 0 atom stereocenters. The molecule has 0 aromatic heterocycles. The fourth-order valence-corrected chi connectivity index (χ4v) is 1.61. The molecule has 0 aliphatic rings. The van der Waals surface area contributed by atoms with E-state index in [0.29, 0.717) is 19.0 Å². The number of nitro groups is 1. The molecule has 104 valence electrons. The van der Waals surface area contributed by atoms with Gasteiger partial charge >= 0.3 is 0 Å². The fourth-order valence-electron chi connectivity index (χ4n) is 1.61. The van der Waals surface area contributed by atoms with Crippen LogP contribution < -0.4 is 4.74 Å². The Labute approximate surface area is 113 Å². The molecule has 0 radical (unpaired) electrons. The lowest BCUT2D eigenvalue weighted by Gasteiger charge is -2.19. The largest absolute Gasteiger partial charge is 0.492 e. The Hall–Kier alpha value is -1.60. The predicted molar refractivity (Wildman–Crippen MR) is 75.1 cm³/mol. The van der Waals surface area contributed by atoms with Gasteiger partial charge in [0.15, 0.2) is 0 Å². The first kappa shape index (κ1) is 15.5. The van der Waals surface area contributed by atoms with Gasteiger partial charge in [-0.1, -0.05) is 6.82 Å². The quantitative estimate of drug-likeness (QED) is 0.383. The van der Waals surface area contributed by atoms with Crippen LogP contribution in [0.15, 0.2) is 24.3 Å². The first-order chi connectivity index (χ1) is 9.17. The highest BCUT2D eigenvalue weighted by Crippen LogP contribution is 2.17. The van der Waals surface area contributed by atoms with Crippen molar-refractivity contribution in [3.05, 3.63) is 34.4 Å². The molecule has 1 rings (SSSR count). The summed E-state index contributed by atoms with van der Waals surface area (Å²) in [4.78, 5) is 12.3. The highest BCUT2D eigenvalue weighted by atomic mass is 16.6. The lowest BCUT2D eigenvalue weighted by atomic mass is 9.96.